The van der Waals surface area contributed by atoms with E-state index in [-0.39, 0.29) is 0 Å². The monoisotopic (exact) mass is 396 g/mol. The van der Waals surface area contributed by atoms with E-state index in [4.69, 9.17) is 0 Å². The first-order valence-corrected chi connectivity index (χ1v) is 6.85. The summed E-state index contributed by atoms with van der Waals surface area (Å²) in [6.07, 6.45) is 0. The number of hydrogen-bond acceptors (Lipinski definition) is 0. The fourth-order valence-corrected chi connectivity index (χ4v) is 0.990. The van der Waals surface area contributed by atoms with Crippen LogP contribution >= 0.6 is 10.0 Å². The summed E-state index contributed by atoms with van der Waals surface area (Å²) in [6.45, 7) is 0. The molecule has 128 valence electrons. The Labute approximate surface area is 140 Å². The van der Waals surface area contributed by atoms with Crippen LogP contribution < -0.4 is 0 Å². The molecule has 0 atom stereocenters. The van der Waals surface area contributed by atoms with E-state index in [1.807, 2.05) is 15.4 Å². The van der Waals surface area contributed by atoms with E-state index in [1.54, 1.807) is 0 Å². The molecule has 2 rings (SSSR count). The van der Waals surface area contributed by atoms with Crippen molar-refractivity contribution in [1.29, 1.82) is 0 Å². The molecule has 0 radical (unpaired) electrons. The Morgan fingerprint density at radius 2 is 0.583 bits per heavy atom. The van der Waals surface area contributed by atoms with Crippen LogP contribution in [0.2, 0.25) is 0 Å². The molecular weight excluding hydrogens is 397 g/mol. The summed E-state index contributed by atoms with van der Waals surface area (Å²) >= 11 is 1.89. The third-order valence-electron chi connectivity index (χ3n) is 1.98. The van der Waals surface area contributed by atoms with E-state index in [0.29, 0.717) is 0 Å². The van der Waals surface area contributed by atoms with Crippen molar-refractivity contribution in [2.24, 2.45) is 0 Å². The first kappa shape index (κ1) is 22.6. The molecule has 0 aromatic heterocycles. The number of halogens is 11. The van der Waals surface area contributed by atoms with Gasteiger partial charge < -0.3 is 0 Å². The second-order valence-electron chi connectivity index (χ2n) is 3.39. The standard InChI is InChI=1S/2C6F5.Al.ClH/c2*7-2-1-3(8)5(10)6(11)4(2)9;;/h;;;1H/q2*-1;+3;/p-1. The van der Waals surface area contributed by atoms with Gasteiger partial charge in [0, 0.05) is 0 Å². The Kier molecular flexibility index (Phi) is 9.18. The number of benzene rings is 2. The van der Waals surface area contributed by atoms with Gasteiger partial charge in [0.15, 0.2) is 0 Å². The summed E-state index contributed by atoms with van der Waals surface area (Å²) in [7, 11) is 4.56. The van der Waals surface area contributed by atoms with Crippen molar-refractivity contribution in [1.82, 2.24) is 0 Å². The summed E-state index contributed by atoms with van der Waals surface area (Å²) in [6, 6.07) is 2.05. The molecule has 0 aliphatic carbocycles. The van der Waals surface area contributed by atoms with E-state index in [2.05, 4.69) is 10.0 Å². The second kappa shape index (κ2) is 9.76. The van der Waals surface area contributed by atoms with Crippen molar-refractivity contribution in [3.63, 3.8) is 0 Å². The van der Waals surface area contributed by atoms with Crippen molar-refractivity contribution >= 4 is 25.4 Å². The molecule has 0 spiro atoms. The first-order valence-electron chi connectivity index (χ1n) is 5.11. The van der Waals surface area contributed by atoms with Gasteiger partial charge in [-0.05, 0) is 0 Å². The Bertz CT molecular complexity index is 608. The third kappa shape index (κ3) is 5.29. The second-order valence-corrected chi connectivity index (χ2v) is 3.39. The van der Waals surface area contributed by atoms with Gasteiger partial charge in [0.1, 0.15) is 0 Å². The molecule has 2 aromatic carbocycles. The molecule has 0 saturated heterocycles. The third-order valence-corrected chi connectivity index (χ3v) is 1.98. The molecule has 24 heavy (non-hydrogen) atoms. The molecule has 0 bridgehead atoms. The zero-order valence-electron chi connectivity index (χ0n) is 10.7. The SMILES string of the molecule is Fc1[c-]c(F)c(F)c(F)c1F.Fc1[c-]c(F)c(F)c(F)c1F.[Al+2][Cl]. The maximum atomic E-state index is 12.0. The van der Waals surface area contributed by atoms with E-state index < -0.39 is 58.2 Å². The molecule has 0 aliphatic heterocycles. The predicted octanol–water partition coefficient (Wildman–Crippen LogP) is 4.67. The zero-order valence-corrected chi connectivity index (χ0v) is 12.6. The molecule has 0 unspecified atom stereocenters. The van der Waals surface area contributed by atoms with Gasteiger partial charge in [-0.25, -0.2) is 26.3 Å². The van der Waals surface area contributed by atoms with Crippen LogP contribution in [-0.4, -0.2) is 15.4 Å². The van der Waals surface area contributed by atoms with Crippen molar-refractivity contribution in [2.75, 3.05) is 0 Å². The molecule has 2 aromatic rings. The van der Waals surface area contributed by atoms with Gasteiger partial charge in [-0.3, -0.25) is 17.6 Å². The Morgan fingerprint density at radius 1 is 0.417 bits per heavy atom. The van der Waals surface area contributed by atoms with Gasteiger partial charge >= 0.3 is 25.4 Å². The molecule has 0 fully saturated rings. The van der Waals surface area contributed by atoms with Crippen molar-refractivity contribution in [3.05, 3.63) is 70.3 Å². The van der Waals surface area contributed by atoms with E-state index in [1.165, 1.54) is 0 Å². The molecule has 0 N–H and O–H groups in total. The average molecular weight is 397 g/mol. The predicted molar refractivity (Wildman–Crippen MR) is 61.7 cm³/mol. The summed E-state index contributed by atoms with van der Waals surface area (Å²) in [5.41, 5.74) is 0. The van der Waals surface area contributed by atoms with Crippen molar-refractivity contribution in [3.8, 4) is 0 Å². The molecule has 0 nitrogen and oxygen atoms in total. The van der Waals surface area contributed by atoms with Crippen LogP contribution in [0.25, 0.3) is 0 Å². The molecule has 0 saturated carbocycles. The number of hydrogen-bond donors (Lipinski definition) is 0. The van der Waals surface area contributed by atoms with Crippen LogP contribution in [0.5, 0.6) is 0 Å². The van der Waals surface area contributed by atoms with Crippen LogP contribution in [0, 0.1) is 70.3 Å². The Hall–Kier alpha value is -1.44. The van der Waals surface area contributed by atoms with Crippen LogP contribution in [0.1, 0.15) is 0 Å². The molecule has 12 heteroatoms. The normalized spacial score (nSPS) is 9.71. The van der Waals surface area contributed by atoms with Gasteiger partial charge in [-0.15, -0.1) is 12.1 Å². The van der Waals surface area contributed by atoms with Gasteiger partial charge in [-0.1, -0.05) is 0 Å². The summed E-state index contributed by atoms with van der Waals surface area (Å²) in [5.74, 6) is -20.1. The summed E-state index contributed by atoms with van der Waals surface area (Å²) in [5, 5.41) is 0. The van der Waals surface area contributed by atoms with E-state index >= 15 is 0 Å². The van der Waals surface area contributed by atoms with Gasteiger partial charge in [0.05, 0.1) is 58.2 Å². The van der Waals surface area contributed by atoms with Crippen molar-refractivity contribution in [2.45, 2.75) is 0 Å². The summed E-state index contributed by atoms with van der Waals surface area (Å²) < 4.78 is 120. The van der Waals surface area contributed by atoms with Crippen molar-refractivity contribution < 1.29 is 43.9 Å². The molecule has 0 amide bonds. The van der Waals surface area contributed by atoms with Crippen LogP contribution in [-0.2, 0) is 0 Å². The first-order chi connectivity index (χ1) is 11.1. The fraction of sp³-hybridized carbons (Fsp3) is 0. The van der Waals surface area contributed by atoms with Gasteiger partial charge in [-0.2, -0.15) is 0 Å². The van der Waals surface area contributed by atoms with Gasteiger partial charge in [0.2, 0.25) is 0 Å². The molecular formula is C12AlClF10. The minimum absolute atomic E-state index is 1.02. The Morgan fingerprint density at radius 3 is 0.750 bits per heavy atom. The topological polar surface area (TPSA) is 0 Å². The maximum absolute atomic E-state index is 12.0. The average Bonchev–Trinajstić information content (AvgIpc) is 2.57. The minimum atomic E-state index is -2.17. The molecule has 0 heterocycles. The Balaban J connectivity index is 0.000000400. The zero-order chi connectivity index (χ0) is 19.2. The number of rotatable bonds is 0. The van der Waals surface area contributed by atoms with E-state index in [0.717, 1.165) is 12.1 Å². The van der Waals surface area contributed by atoms with Gasteiger partial charge in [0.25, 0.3) is 0 Å². The quantitative estimate of drug-likeness (QED) is 0.200. The fourth-order valence-electron chi connectivity index (χ4n) is 0.990. The van der Waals surface area contributed by atoms with Crippen LogP contribution in [0.15, 0.2) is 0 Å². The molecule has 0 aliphatic rings. The summed E-state index contributed by atoms with van der Waals surface area (Å²) in [4.78, 5) is 0. The van der Waals surface area contributed by atoms with Crippen LogP contribution in [0.3, 0.4) is 0 Å². The van der Waals surface area contributed by atoms with Crippen LogP contribution in [0.4, 0.5) is 43.9 Å². The van der Waals surface area contributed by atoms with E-state index in [9.17, 15) is 43.9 Å².